The number of hydrogen-bond acceptors (Lipinski definition) is 5. The fourth-order valence-corrected chi connectivity index (χ4v) is 13.6. The lowest BCUT2D eigenvalue weighted by molar-refractivity contribution is 0.195. The van der Waals surface area contributed by atoms with Crippen molar-refractivity contribution in [2.24, 2.45) is 0 Å². The molecule has 4 aliphatic rings. The van der Waals surface area contributed by atoms with Crippen molar-refractivity contribution in [2.45, 2.75) is 129 Å². The SMILES string of the molecule is CC(C)(C)c1ccc(N2c3cc(N4c5ccccc5C5(C)CCCCC45C)cc4c3B(c3oc5ccc(C(C)(C)C)cc5c32)c2c(sc3ccc(C(C)(C)C)cc23)N4c2ccccc2)cc1. The standard InChI is InChI=1S/C60H62BN3OS/c1-56(2,3)37-23-27-41(28-24-37)62-47-35-42(64-46-22-16-15-21-45(46)59(10)31-17-18-32-60(59,64)11)36-48-52(47)61(54-53(62)43-33-38(57(4,5)6)25-29-49(43)65-54)51-44-34-39(58(7,8)9)26-30-50(44)66-55(51)63(48)40-19-13-12-14-20-40/h12-16,19-30,33-36H,17-18,31-32H2,1-11H3. The minimum Gasteiger partial charge on any atom is -0.468 e. The summed E-state index contributed by atoms with van der Waals surface area (Å²) in [6.45, 7) is 25.9. The largest absolute Gasteiger partial charge is 0.468 e. The van der Waals surface area contributed by atoms with E-state index in [1.165, 1.54) is 96.0 Å². The highest BCUT2D eigenvalue weighted by atomic mass is 32.1. The summed E-state index contributed by atoms with van der Waals surface area (Å²) in [4.78, 5) is 7.97. The Labute approximate surface area is 396 Å². The molecule has 6 heteroatoms. The topological polar surface area (TPSA) is 22.9 Å². The lowest BCUT2D eigenvalue weighted by atomic mass is 9.35. The third-order valence-electron chi connectivity index (χ3n) is 16.3. The van der Waals surface area contributed by atoms with E-state index in [0.29, 0.717) is 0 Å². The van der Waals surface area contributed by atoms with E-state index in [4.69, 9.17) is 4.42 Å². The minimum absolute atomic E-state index is 0.0129. The normalized spacial score (nSPS) is 20.1. The quantitative estimate of drug-likeness (QED) is 0.165. The van der Waals surface area contributed by atoms with Gasteiger partial charge >= 0.3 is 0 Å². The summed E-state index contributed by atoms with van der Waals surface area (Å²) in [6, 6.07) is 49.2. The van der Waals surface area contributed by atoms with Crippen LogP contribution in [0.2, 0.25) is 0 Å². The number of hydrogen-bond donors (Lipinski definition) is 0. The maximum atomic E-state index is 7.46. The van der Waals surface area contributed by atoms with Crippen molar-refractivity contribution in [1.29, 1.82) is 0 Å². The molecule has 2 atom stereocenters. The smallest absolute Gasteiger partial charge is 0.298 e. The van der Waals surface area contributed by atoms with Gasteiger partial charge in [-0.25, -0.2) is 0 Å². The molecule has 1 saturated carbocycles. The van der Waals surface area contributed by atoms with Crippen molar-refractivity contribution in [1.82, 2.24) is 0 Å². The van der Waals surface area contributed by atoms with Crippen molar-refractivity contribution in [3.05, 3.63) is 150 Å². The molecular formula is C60H62BN3OS. The van der Waals surface area contributed by atoms with E-state index >= 15 is 0 Å². The monoisotopic (exact) mass is 883 g/mol. The molecule has 1 aliphatic carbocycles. The predicted octanol–water partition coefficient (Wildman–Crippen LogP) is 15.4. The molecule has 5 heterocycles. The molecule has 12 rings (SSSR count). The van der Waals surface area contributed by atoms with Gasteiger partial charge in [0.05, 0.1) is 21.9 Å². The third kappa shape index (κ3) is 5.82. The van der Waals surface area contributed by atoms with E-state index in [1.807, 2.05) is 11.3 Å². The molecule has 0 amide bonds. The van der Waals surface area contributed by atoms with Gasteiger partial charge in [0.2, 0.25) is 0 Å². The molecule has 4 nitrogen and oxygen atoms in total. The van der Waals surface area contributed by atoms with Gasteiger partial charge in [-0.3, -0.25) is 0 Å². The minimum atomic E-state index is -0.144. The summed E-state index contributed by atoms with van der Waals surface area (Å²) in [5, 5.41) is 3.75. The van der Waals surface area contributed by atoms with Crippen molar-refractivity contribution in [3.63, 3.8) is 0 Å². The molecule has 2 unspecified atom stereocenters. The summed E-state index contributed by atoms with van der Waals surface area (Å²) in [7, 11) is 0. The molecular weight excluding hydrogens is 822 g/mol. The molecule has 0 radical (unpaired) electrons. The molecule has 1 fully saturated rings. The van der Waals surface area contributed by atoms with E-state index in [-0.39, 0.29) is 33.9 Å². The summed E-state index contributed by atoms with van der Waals surface area (Å²) < 4.78 is 8.76. The van der Waals surface area contributed by atoms with Crippen LogP contribution in [0.25, 0.3) is 21.1 Å². The number of fused-ring (bicyclic) bond motifs is 11. The Morgan fingerprint density at radius 2 is 1.14 bits per heavy atom. The molecule has 0 saturated heterocycles. The number of benzene rings is 6. The van der Waals surface area contributed by atoms with Crippen LogP contribution < -0.4 is 31.3 Å². The van der Waals surface area contributed by atoms with Gasteiger partial charge < -0.3 is 19.1 Å². The van der Waals surface area contributed by atoms with Crippen molar-refractivity contribution >= 4 is 101 Å². The first-order valence-electron chi connectivity index (χ1n) is 24.3. The molecule has 332 valence electrons. The number of furan rings is 1. The van der Waals surface area contributed by atoms with Crippen LogP contribution in [0.15, 0.2) is 132 Å². The number of thiophene rings is 1. The van der Waals surface area contributed by atoms with Crippen LogP contribution >= 0.6 is 11.3 Å². The van der Waals surface area contributed by atoms with E-state index in [0.717, 1.165) is 34.4 Å². The first kappa shape index (κ1) is 41.7. The number of para-hydroxylation sites is 2. The highest BCUT2D eigenvalue weighted by molar-refractivity contribution is 7.26. The summed E-state index contributed by atoms with van der Waals surface area (Å²) in [5.41, 5.74) is 18.4. The van der Waals surface area contributed by atoms with E-state index in [9.17, 15) is 0 Å². The van der Waals surface area contributed by atoms with Crippen LogP contribution in [0.5, 0.6) is 0 Å². The van der Waals surface area contributed by atoms with Crippen molar-refractivity contribution in [2.75, 3.05) is 14.7 Å². The maximum absolute atomic E-state index is 7.46. The molecule has 6 aromatic carbocycles. The molecule has 0 bridgehead atoms. The van der Waals surface area contributed by atoms with Gasteiger partial charge in [0, 0.05) is 49.6 Å². The number of rotatable bonds is 3. The van der Waals surface area contributed by atoms with Crippen LogP contribution in [-0.4, -0.2) is 12.3 Å². The van der Waals surface area contributed by atoms with Gasteiger partial charge in [0.15, 0.2) is 0 Å². The maximum Gasteiger partial charge on any atom is 0.298 e. The Kier molecular flexibility index (Phi) is 8.79. The molecule has 0 N–H and O–H groups in total. The molecule has 66 heavy (non-hydrogen) atoms. The van der Waals surface area contributed by atoms with Crippen molar-refractivity contribution < 1.29 is 4.42 Å². The fraction of sp³-hybridized carbons (Fsp3) is 0.333. The second-order valence-corrected chi connectivity index (χ2v) is 24.4. The van der Waals surface area contributed by atoms with Gasteiger partial charge in [-0.1, -0.05) is 149 Å². The zero-order valence-electron chi connectivity index (χ0n) is 40.7. The first-order chi connectivity index (χ1) is 31.4. The molecule has 0 spiro atoms. The molecule has 8 aromatic rings. The van der Waals surface area contributed by atoms with E-state index < -0.39 is 0 Å². The Balaban J connectivity index is 1.24. The van der Waals surface area contributed by atoms with E-state index in [2.05, 4.69) is 218 Å². The van der Waals surface area contributed by atoms with Crippen molar-refractivity contribution in [3.8, 4) is 0 Å². The Bertz CT molecular complexity index is 3270. The second-order valence-electron chi connectivity index (χ2n) is 23.4. The van der Waals surface area contributed by atoms with Crippen LogP contribution in [0, 0.1) is 0 Å². The Morgan fingerprint density at radius 3 is 1.83 bits per heavy atom. The van der Waals surface area contributed by atoms with E-state index in [1.54, 1.807) is 0 Å². The van der Waals surface area contributed by atoms with Crippen LogP contribution in [0.3, 0.4) is 0 Å². The fourth-order valence-electron chi connectivity index (χ4n) is 12.4. The Hall–Kier alpha value is -5.72. The third-order valence-corrected chi connectivity index (χ3v) is 17.4. The summed E-state index contributed by atoms with van der Waals surface area (Å²) in [6.07, 6.45) is 4.79. The van der Waals surface area contributed by atoms with Gasteiger partial charge in [0.25, 0.3) is 6.71 Å². The number of anilines is 8. The molecule has 3 aliphatic heterocycles. The lowest BCUT2D eigenvalue weighted by Gasteiger charge is -2.51. The zero-order valence-corrected chi connectivity index (χ0v) is 41.5. The summed E-state index contributed by atoms with van der Waals surface area (Å²) >= 11 is 1.92. The zero-order chi connectivity index (χ0) is 45.9. The van der Waals surface area contributed by atoms with Crippen LogP contribution in [0.4, 0.5) is 44.8 Å². The lowest BCUT2D eigenvalue weighted by Crippen LogP contribution is -2.60. The van der Waals surface area contributed by atoms with Gasteiger partial charge in [-0.05, 0) is 135 Å². The first-order valence-corrected chi connectivity index (χ1v) is 25.2. The van der Waals surface area contributed by atoms with Gasteiger partial charge in [0.1, 0.15) is 5.58 Å². The average Bonchev–Trinajstić information content (AvgIpc) is 3.91. The van der Waals surface area contributed by atoms with Crippen LogP contribution in [-0.2, 0) is 21.7 Å². The highest BCUT2D eigenvalue weighted by Crippen LogP contribution is 2.62. The van der Waals surface area contributed by atoms with Gasteiger partial charge in [-0.2, -0.15) is 0 Å². The van der Waals surface area contributed by atoms with Crippen LogP contribution in [0.1, 0.15) is 124 Å². The van der Waals surface area contributed by atoms with Gasteiger partial charge in [-0.15, -0.1) is 11.3 Å². The Morgan fingerprint density at radius 1 is 0.545 bits per heavy atom. The predicted molar refractivity (Wildman–Crippen MR) is 285 cm³/mol. The second kappa shape index (κ2) is 13.9. The summed E-state index contributed by atoms with van der Waals surface area (Å²) in [5.74, 6) is 0. The highest BCUT2D eigenvalue weighted by Gasteiger charge is 2.58. The average molecular weight is 884 g/mol. The number of nitrogens with zero attached hydrogens (tertiary/aromatic N) is 3. The molecule has 2 aromatic heterocycles.